The van der Waals surface area contributed by atoms with Crippen LogP contribution in [0.1, 0.15) is 46.5 Å². The molecule has 0 radical (unpaired) electrons. The molecule has 2 amide bonds. The van der Waals surface area contributed by atoms with Crippen molar-refractivity contribution in [2.24, 2.45) is 0 Å². The normalized spacial score (nSPS) is 18.0. The lowest BCUT2D eigenvalue weighted by atomic mass is 10.2. The minimum absolute atomic E-state index is 0.0200. The van der Waals surface area contributed by atoms with Gasteiger partial charge in [0.2, 0.25) is 0 Å². The van der Waals surface area contributed by atoms with Crippen LogP contribution in [0.5, 0.6) is 0 Å². The van der Waals surface area contributed by atoms with Gasteiger partial charge in [-0.05, 0) is 40.0 Å². The Bertz CT molecular complexity index is 341. The lowest BCUT2D eigenvalue weighted by Crippen LogP contribution is -2.49. The van der Waals surface area contributed by atoms with E-state index < -0.39 is 5.97 Å². The second-order valence-corrected chi connectivity index (χ2v) is 5.74. The minimum atomic E-state index is -0.821. The van der Waals surface area contributed by atoms with Crippen molar-refractivity contribution in [3.05, 3.63) is 0 Å². The topological polar surface area (TPSA) is 70.1 Å². The number of carbonyl (C=O) groups is 2. The zero-order valence-corrected chi connectivity index (χ0v) is 13.4. The summed E-state index contributed by atoms with van der Waals surface area (Å²) in [4.78, 5) is 26.8. The molecule has 1 unspecified atom stereocenters. The van der Waals surface area contributed by atoms with Gasteiger partial charge in [-0.15, -0.1) is 0 Å². The molecule has 21 heavy (non-hydrogen) atoms. The summed E-state index contributed by atoms with van der Waals surface area (Å²) in [6, 6.07) is 0.0400. The first-order valence-corrected chi connectivity index (χ1v) is 7.84. The summed E-state index contributed by atoms with van der Waals surface area (Å²) >= 11 is 0. The molecule has 0 spiro atoms. The second kappa shape index (κ2) is 8.87. The molecule has 122 valence electrons. The van der Waals surface area contributed by atoms with Crippen LogP contribution in [0.25, 0.3) is 0 Å². The Morgan fingerprint density at radius 2 is 2.10 bits per heavy atom. The summed E-state index contributed by atoms with van der Waals surface area (Å²) in [5, 5.41) is 8.72. The first-order valence-electron chi connectivity index (χ1n) is 7.84. The van der Waals surface area contributed by atoms with E-state index in [1.54, 1.807) is 9.80 Å². The molecule has 0 bridgehead atoms. The van der Waals surface area contributed by atoms with E-state index in [0.717, 1.165) is 19.4 Å². The van der Waals surface area contributed by atoms with Crippen LogP contribution in [0.2, 0.25) is 0 Å². The van der Waals surface area contributed by atoms with Gasteiger partial charge in [0.1, 0.15) is 0 Å². The lowest BCUT2D eigenvalue weighted by Gasteiger charge is -2.33. The van der Waals surface area contributed by atoms with Gasteiger partial charge >= 0.3 is 12.0 Å². The molecule has 6 heteroatoms. The molecule has 1 heterocycles. The van der Waals surface area contributed by atoms with E-state index in [1.165, 1.54) is 0 Å². The fourth-order valence-corrected chi connectivity index (χ4v) is 2.53. The Kier molecular flexibility index (Phi) is 7.50. The number of carbonyl (C=O) groups excluding carboxylic acids is 1. The summed E-state index contributed by atoms with van der Waals surface area (Å²) in [7, 11) is 0. The average Bonchev–Trinajstić information content (AvgIpc) is 2.92. The predicted octanol–water partition coefficient (Wildman–Crippen LogP) is 2.18. The molecule has 0 aromatic carbocycles. The summed E-state index contributed by atoms with van der Waals surface area (Å²) < 4.78 is 5.60. The summed E-state index contributed by atoms with van der Waals surface area (Å²) in [6.45, 7) is 8.39. The number of hydrogen-bond donors (Lipinski definition) is 1. The van der Waals surface area contributed by atoms with Crippen molar-refractivity contribution in [2.45, 2.75) is 58.6 Å². The molecule has 1 saturated heterocycles. The van der Waals surface area contributed by atoms with Crippen LogP contribution < -0.4 is 0 Å². The maximum absolute atomic E-state index is 12.6. The Morgan fingerprint density at radius 3 is 2.57 bits per heavy atom. The van der Waals surface area contributed by atoms with E-state index >= 15 is 0 Å². The molecule has 0 aliphatic carbocycles. The second-order valence-electron chi connectivity index (χ2n) is 5.74. The third-order valence-electron chi connectivity index (χ3n) is 3.76. The number of likely N-dealkylation sites (N-methyl/N-ethyl adjacent to an activating group) is 1. The first-order chi connectivity index (χ1) is 9.95. The van der Waals surface area contributed by atoms with Gasteiger partial charge in [-0.2, -0.15) is 0 Å². The van der Waals surface area contributed by atoms with Crippen molar-refractivity contribution >= 4 is 12.0 Å². The number of hydrogen-bond acceptors (Lipinski definition) is 3. The highest BCUT2D eigenvalue weighted by Crippen LogP contribution is 2.15. The van der Waals surface area contributed by atoms with Gasteiger partial charge in [0.05, 0.1) is 6.10 Å². The van der Waals surface area contributed by atoms with Crippen molar-refractivity contribution in [1.29, 1.82) is 0 Å². The van der Waals surface area contributed by atoms with Crippen molar-refractivity contribution in [3.63, 3.8) is 0 Å². The molecule has 1 fully saturated rings. The molecule has 1 aliphatic heterocycles. The minimum Gasteiger partial charge on any atom is -0.481 e. The number of aliphatic carboxylic acids is 1. The van der Waals surface area contributed by atoms with Crippen molar-refractivity contribution < 1.29 is 19.4 Å². The zero-order valence-electron chi connectivity index (χ0n) is 13.4. The van der Waals surface area contributed by atoms with E-state index in [0.29, 0.717) is 26.1 Å². The van der Waals surface area contributed by atoms with Gasteiger partial charge in [-0.1, -0.05) is 0 Å². The largest absolute Gasteiger partial charge is 0.481 e. The zero-order chi connectivity index (χ0) is 15.8. The van der Waals surface area contributed by atoms with Gasteiger partial charge in [0, 0.05) is 38.7 Å². The van der Waals surface area contributed by atoms with Crippen molar-refractivity contribution in [1.82, 2.24) is 9.80 Å². The van der Waals surface area contributed by atoms with E-state index in [1.807, 2.05) is 20.8 Å². The maximum atomic E-state index is 12.6. The molecule has 6 nitrogen and oxygen atoms in total. The highest BCUT2D eigenvalue weighted by Gasteiger charge is 2.26. The van der Waals surface area contributed by atoms with E-state index in [2.05, 4.69) is 0 Å². The quantitative estimate of drug-likeness (QED) is 0.746. The van der Waals surface area contributed by atoms with Crippen molar-refractivity contribution in [2.75, 3.05) is 26.2 Å². The maximum Gasteiger partial charge on any atom is 0.320 e. The number of urea groups is 1. The number of carboxylic acids is 1. The van der Waals surface area contributed by atoms with Gasteiger partial charge in [-0.25, -0.2) is 4.79 Å². The Balaban J connectivity index is 2.56. The van der Waals surface area contributed by atoms with Crippen LogP contribution in [0.15, 0.2) is 0 Å². The molecule has 0 saturated carbocycles. The van der Waals surface area contributed by atoms with E-state index in [9.17, 15) is 9.59 Å². The first kappa shape index (κ1) is 17.8. The average molecular weight is 300 g/mol. The SMILES string of the molecule is CCN(CC1CCCO1)C(=O)N(CCCC(=O)O)C(C)C. The lowest BCUT2D eigenvalue weighted by molar-refractivity contribution is -0.137. The van der Waals surface area contributed by atoms with Crippen LogP contribution in [0.4, 0.5) is 4.79 Å². The number of nitrogens with zero attached hydrogens (tertiary/aromatic N) is 2. The highest BCUT2D eigenvalue weighted by atomic mass is 16.5. The summed E-state index contributed by atoms with van der Waals surface area (Å²) in [5.74, 6) is -0.821. The van der Waals surface area contributed by atoms with Gasteiger partial charge < -0.3 is 19.6 Å². The third-order valence-corrected chi connectivity index (χ3v) is 3.76. The number of rotatable bonds is 8. The van der Waals surface area contributed by atoms with Crippen LogP contribution >= 0.6 is 0 Å². The number of carboxylic acid groups (broad SMARTS) is 1. The molecule has 1 N–H and O–H groups in total. The molecular formula is C15H28N2O4. The van der Waals surface area contributed by atoms with Gasteiger partial charge in [0.25, 0.3) is 0 Å². The Hall–Kier alpha value is -1.30. The van der Waals surface area contributed by atoms with Crippen LogP contribution in [-0.4, -0.2) is 65.3 Å². The van der Waals surface area contributed by atoms with Crippen LogP contribution in [0, 0.1) is 0 Å². The van der Waals surface area contributed by atoms with Gasteiger partial charge in [0.15, 0.2) is 0 Å². The molecule has 0 aromatic rings. The monoisotopic (exact) mass is 300 g/mol. The molecular weight excluding hydrogens is 272 g/mol. The Labute approximate surface area is 127 Å². The Morgan fingerprint density at radius 1 is 1.38 bits per heavy atom. The molecule has 0 aromatic heterocycles. The smallest absolute Gasteiger partial charge is 0.320 e. The molecule has 1 aliphatic rings. The standard InChI is InChI=1S/C15H28N2O4/c1-4-16(11-13-7-6-10-21-13)15(20)17(12(2)3)9-5-8-14(18)19/h12-13H,4-11H2,1-3H3,(H,18,19). The highest BCUT2D eigenvalue weighted by molar-refractivity contribution is 5.75. The van der Waals surface area contributed by atoms with Crippen LogP contribution in [0.3, 0.4) is 0 Å². The fourth-order valence-electron chi connectivity index (χ4n) is 2.53. The molecule has 1 rings (SSSR count). The van der Waals surface area contributed by atoms with E-state index in [-0.39, 0.29) is 24.6 Å². The predicted molar refractivity (Wildman–Crippen MR) is 80.3 cm³/mol. The third kappa shape index (κ3) is 5.91. The van der Waals surface area contributed by atoms with E-state index in [4.69, 9.17) is 9.84 Å². The summed E-state index contributed by atoms with van der Waals surface area (Å²) in [6.07, 6.45) is 2.78. The number of amides is 2. The number of ether oxygens (including phenoxy) is 1. The fraction of sp³-hybridized carbons (Fsp3) is 0.867. The van der Waals surface area contributed by atoms with Gasteiger partial charge in [-0.3, -0.25) is 4.79 Å². The molecule has 1 atom stereocenters. The van der Waals surface area contributed by atoms with Crippen LogP contribution in [-0.2, 0) is 9.53 Å². The summed E-state index contributed by atoms with van der Waals surface area (Å²) in [5.41, 5.74) is 0. The van der Waals surface area contributed by atoms with Crippen molar-refractivity contribution in [3.8, 4) is 0 Å².